The van der Waals surface area contributed by atoms with Gasteiger partial charge in [-0.15, -0.1) is 0 Å². The lowest BCUT2D eigenvalue weighted by atomic mass is 9.86. The van der Waals surface area contributed by atoms with Crippen molar-refractivity contribution in [2.75, 3.05) is 55.7 Å². The highest BCUT2D eigenvalue weighted by molar-refractivity contribution is 7.92. The van der Waals surface area contributed by atoms with Crippen molar-refractivity contribution in [2.24, 2.45) is 0 Å². The van der Waals surface area contributed by atoms with Crippen molar-refractivity contribution < 1.29 is 46.8 Å². The second-order valence-electron chi connectivity index (χ2n) is 15.0. The lowest BCUT2D eigenvalue weighted by Gasteiger charge is -2.24. The van der Waals surface area contributed by atoms with E-state index in [1.54, 1.807) is 49.7 Å². The second-order valence-corrected chi connectivity index (χ2v) is 16.7. The quantitative estimate of drug-likeness (QED) is 0.0609. The predicted molar refractivity (Wildman–Crippen MR) is 232 cm³/mol. The zero-order chi connectivity index (χ0) is 43.7. The van der Waals surface area contributed by atoms with Gasteiger partial charge in [0.25, 0.3) is 0 Å². The lowest BCUT2D eigenvalue weighted by Crippen LogP contribution is -2.22. The number of carboxylic acid groups (broad SMARTS) is 1. The van der Waals surface area contributed by atoms with E-state index in [4.69, 9.17) is 28.8 Å². The Balaban J connectivity index is 1.11. The summed E-state index contributed by atoms with van der Waals surface area (Å²) in [6.45, 7) is 7.29. The Morgan fingerprint density at radius 1 is 0.820 bits per heavy atom. The number of nitrogens with zero attached hydrogens (tertiary/aromatic N) is 3. The molecule has 17 heteroatoms. The molecule has 0 unspecified atom stereocenters. The highest BCUT2D eigenvalue weighted by Gasteiger charge is 2.23. The van der Waals surface area contributed by atoms with E-state index in [1.807, 2.05) is 63.2 Å². The molecule has 2 heterocycles. The number of rotatable bonds is 18. The summed E-state index contributed by atoms with van der Waals surface area (Å²) < 4.78 is 57.5. The fraction of sp³-hybridized carbons (Fsp3) is 0.273. The van der Waals surface area contributed by atoms with Gasteiger partial charge in [0.05, 0.1) is 69.1 Å². The van der Waals surface area contributed by atoms with Crippen LogP contribution in [0.4, 0.5) is 21.9 Å². The number of methoxy groups -OCH3 is 2. The first-order valence-electron chi connectivity index (χ1n) is 19.2. The maximum absolute atomic E-state index is 13.5. The van der Waals surface area contributed by atoms with Gasteiger partial charge in [-0.1, -0.05) is 45.0 Å². The first-order chi connectivity index (χ1) is 29.1. The number of carbonyl (C=O) groups is 2. The monoisotopic (exact) mass is 852 g/mol. The molecule has 6 aromatic rings. The molecule has 16 nitrogen and oxygen atoms in total. The molecule has 0 saturated carbocycles. The number of carboxylic acids is 1. The Morgan fingerprint density at radius 2 is 1.56 bits per heavy atom. The molecule has 0 atom stereocenters. The van der Waals surface area contributed by atoms with Crippen LogP contribution in [0.1, 0.15) is 48.0 Å². The average Bonchev–Trinajstić information content (AvgIpc) is 3.69. The van der Waals surface area contributed by atoms with Crippen LogP contribution < -0.4 is 34.3 Å². The van der Waals surface area contributed by atoms with Crippen LogP contribution in [0, 0.1) is 0 Å². The SMILES string of the molecule is COc1cc(Cc2cc(Oc3ccc(NC(=O)Nc4cc(C(C)(C)C)cc(NS(C)(=O)=O)c4OC)c4ccccc34)ccn2)cc(OCCOCCn2cc(C(=O)O)cn2)c1. The third kappa shape index (κ3) is 11.9. The van der Waals surface area contributed by atoms with E-state index in [-0.39, 0.29) is 34.7 Å². The number of pyridine rings is 1. The van der Waals surface area contributed by atoms with Crippen molar-refractivity contribution in [1.82, 2.24) is 14.8 Å². The van der Waals surface area contributed by atoms with E-state index in [0.29, 0.717) is 54.9 Å². The van der Waals surface area contributed by atoms with Crippen LogP contribution in [-0.2, 0) is 33.1 Å². The predicted octanol–water partition coefficient (Wildman–Crippen LogP) is 7.94. The maximum Gasteiger partial charge on any atom is 0.338 e. The molecular weight excluding hydrogens is 805 g/mol. The molecule has 0 radical (unpaired) electrons. The summed E-state index contributed by atoms with van der Waals surface area (Å²) in [5.74, 6) is 1.47. The van der Waals surface area contributed by atoms with Gasteiger partial charge in [-0.25, -0.2) is 18.0 Å². The molecule has 2 aromatic heterocycles. The van der Waals surface area contributed by atoms with Crippen LogP contribution in [-0.4, -0.2) is 80.6 Å². The number of sulfonamides is 1. The Hall–Kier alpha value is -6.85. The highest BCUT2D eigenvalue weighted by atomic mass is 32.2. The minimum absolute atomic E-state index is 0.121. The van der Waals surface area contributed by atoms with Crippen molar-refractivity contribution in [2.45, 2.75) is 39.2 Å². The number of aromatic nitrogens is 3. The minimum atomic E-state index is -3.65. The van der Waals surface area contributed by atoms with Gasteiger partial charge in [0.2, 0.25) is 10.0 Å². The fourth-order valence-electron chi connectivity index (χ4n) is 6.36. The van der Waals surface area contributed by atoms with Gasteiger partial charge in [0, 0.05) is 47.4 Å². The highest BCUT2D eigenvalue weighted by Crippen LogP contribution is 2.40. The number of hydrogen-bond acceptors (Lipinski definition) is 11. The summed E-state index contributed by atoms with van der Waals surface area (Å²) in [7, 11) is -0.660. The van der Waals surface area contributed by atoms with Gasteiger partial charge < -0.3 is 39.4 Å². The minimum Gasteiger partial charge on any atom is -0.497 e. The van der Waals surface area contributed by atoms with Crippen LogP contribution in [0.2, 0.25) is 0 Å². The van der Waals surface area contributed by atoms with Gasteiger partial charge in [0.1, 0.15) is 29.6 Å². The van der Waals surface area contributed by atoms with Crippen molar-refractivity contribution in [3.05, 3.63) is 120 Å². The second kappa shape index (κ2) is 19.0. The zero-order valence-electron chi connectivity index (χ0n) is 34.6. The lowest BCUT2D eigenvalue weighted by molar-refractivity contribution is 0.0696. The molecule has 0 saturated heterocycles. The maximum atomic E-state index is 13.5. The van der Waals surface area contributed by atoms with Crippen LogP contribution in [0.3, 0.4) is 0 Å². The molecule has 0 fully saturated rings. The molecule has 61 heavy (non-hydrogen) atoms. The van der Waals surface area contributed by atoms with Crippen LogP contribution in [0.15, 0.2) is 97.5 Å². The van der Waals surface area contributed by atoms with Crippen LogP contribution in [0.25, 0.3) is 10.8 Å². The van der Waals surface area contributed by atoms with E-state index in [1.165, 1.54) is 24.2 Å². The van der Waals surface area contributed by atoms with Crippen molar-refractivity contribution in [3.8, 4) is 28.7 Å². The molecule has 0 aliphatic heterocycles. The number of fused-ring (bicyclic) bond motifs is 1. The van der Waals surface area contributed by atoms with E-state index in [2.05, 4.69) is 25.4 Å². The van der Waals surface area contributed by atoms with E-state index in [9.17, 15) is 18.0 Å². The molecule has 0 aliphatic carbocycles. The number of ether oxygens (including phenoxy) is 5. The Kier molecular flexibility index (Phi) is 13.6. The van der Waals surface area contributed by atoms with Gasteiger partial charge >= 0.3 is 12.0 Å². The number of hydrogen-bond donors (Lipinski definition) is 4. The molecule has 4 aromatic carbocycles. The molecule has 6 rings (SSSR count). The Bertz CT molecular complexity index is 2640. The Morgan fingerprint density at radius 3 is 2.26 bits per heavy atom. The van der Waals surface area contributed by atoms with E-state index < -0.39 is 22.0 Å². The number of amides is 2. The number of aromatic carboxylic acids is 1. The first kappa shape index (κ1) is 43.7. The van der Waals surface area contributed by atoms with Crippen LogP contribution in [0.5, 0.6) is 28.7 Å². The van der Waals surface area contributed by atoms with Crippen molar-refractivity contribution in [3.63, 3.8) is 0 Å². The van der Waals surface area contributed by atoms with E-state index >= 15 is 0 Å². The normalized spacial score (nSPS) is 11.5. The van der Waals surface area contributed by atoms with Crippen LogP contribution >= 0.6 is 0 Å². The summed E-state index contributed by atoms with van der Waals surface area (Å²) in [5.41, 5.74) is 3.18. The van der Waals surface area contributed by atoms with Gasteiger partial charge in [-0.05, 0) is 59.0 Å². The number of nitrogens with one attached hydrogen (secondary N) is 3. The summed E-state index contributed by atoms with van der Waals surface area (Å²) in [5, 5.41) is 20.3. The fourth-order valence-corrected chi connectivity index (χ4v) is 6.91. The Labute approximate surface area is 353 Å². The zero-order valence-corrected chi connectivity index (χ0v) is 35.5. The summed E-state index contributed by atoms with van der Waals surface area (Å²) in [6.07, 6.45) is 5.93. The molecule has 2 amide bonds. The molecule has 0 aliphatic rings. The summed E-state index contributed by atoms with van der Waals surface area (Å²) in [4.78, 5) is 29.2. The van der Waals surface area contributed by atoms with Crippen molar-refractivity contribution in [1.29, 1.82) is 0 Å². The topological polar surface area (TPSA) is 201 Å². The third-order valence-corrected chi connectivity index (χ3v) is 9.84. The molecule has 320 valence electrons. The van der Waals surface area contributed by atoms with Gasteiger partial charge in [0.15, 0.2) is 5.75 Å². The van der Waals surface area contributed by atoms with Gasteiger partial charge in [-0.2, -0.15) is 5.10 Å². The average molecular weight is 853 g/mol. The third-order valence-electron chi connectivity index (χ3n) is 9.25. The summed E-state index contributed by atoms with van der Waals surface area (Å²) >= 11 is 0. The standard InChI is InChI=1S/C44H48N6O10S/c1-44(2,3)30-22-38(41(57-5)39(23-30)49-61(6,54)55)48-43(53)47-37-11-12-40(36-10-8-7-9-35(36)37)60-32-13-14-45-31(24-32)19-28-20-33(56-4)25-34(21-28)59-18-17-58-16-15-50-27-29(26-46-50)42(51)52/h7-14,20-27,49H,15-19H2,1-6H3,(H,51,52)(H2,47,48,53). The number of anilines is 3. The largest absolute Gasteiger partial charge is 0.497 e. The molecular formula is C44H48N6O10S. The summed E-state index contributed by atoms with van der Waals surface area (Å²) in [6, 6.07) is 23.2. The van der Waals surface area contributed by atoms with Crippen molar-refractivity contribution >= 4 is 49.9 Å². The molecule has 4 N–H and O–H groups in total. The molecule has 0 bridgehead atoms. The molecule has 0 spiro atoms. The van der Waals surface area contributed by atoms with Gasteiger partial charge in [-0.3, -0.25) is 14.4 Å². The number of benzene rings is 4. The van der Waals surface area contributed by atoms with E-state index in [0.717, 1.165) is 33.8 Å². The first-order valence-corrected chi connectivity index (χ1v) is 21.0. The number of urea groups is 1. The number of carbonyl (C=O) groups excluding carboxylic acids is 1. The smallest absolute Gasteiger partial charge is 0.338 e.